The standard InChI is InChI=1S/C21H17ClN4O4/c1-4-29-21(28)16-10-24-18(13-5-7-14(22)8-6-13)25-19(16)26-20-15(9-23)17(11(2)27)12(3)30-20/h5-8,10H,4H2,1-3H3,(H,24,25,26). The number of anilines is 2. The molecule has 0 amide bonds. The number of Topliss-reactive ketones (excluding diaryl/α,β-unsaturated/α-hetero) is 1. The number of furan rings is 1. The molecule has 9 heteroatoms. The van der Waals surface area contributed by atoms with Gasteiger partial charge in [0.1, 0.15) is 23.0 Å². The summed E-state index contributed by atoms with van der Waals surface area (Å²) < 4.78 is 10.6. The van der Waals surface area contributed by atoms with Crippen LogP contribution in [0.15, 0.2) is 34.9 Å². The van der Waals surface area contributed by atoms with Gasteiger partial charge in [-0.25, -0.2) is 14.8 Å². The van der Waals surface area contributed by atoms with Crippen molar-refractivity contribution in [2.24, 2.45) is 0 Å². The van der Waals surface area contributed by atoms with Gasteiger partial charge in [-0.2, -0.15) is 5.26 Å². The first kappa shape index (κ1) is 21.0. The lowest BCUT2D eigenvalue weighted by Crippen LogP contribution is -2.11. The van der Waals surface area contributed by atoms with Crippen molar-refractivity contribution in [3.05, 3.63) is 57.9 Å². The molecule has 0 aliphatic rings. The van der Waals surface area contributed by atoms with Gasteiger partial charge in [0.15, 0.2) is 17.4 Å². The first-order valence-electron chi connectivity index (χ1n) is 8.97. The molecule has 30 heavy (non-hydrogen) atoms. The molecule has 0 bridgehead atoms. The number of benzene rings is 1. The van der Waals surface area contributed by atoms with E-state index in [1.165, 1.54) is 13.1 Å². The van der Waals surface area contributed by atoms with Gasteiger partial charge in [0, 0.05) is 16.8 Å². The SMILES string of the molecule is CCOC(=O)c1cnc(-c2ccc(Cl)cc2)nc1Nc1oc(C)c(C(C)=O)c1C#N. The molecule has 3 aromatic rings. The second-order valence-corrected chi connectivity index (χ2v) is 6.65. The molecule has 3 rings (SSSR count). The average Bonchev–Trinajstić information content (AvgIpc) is 3.03. The van der Waals surface area contributed by atoms with Crippen molar-refractivity contribution in [3.8, 4) is 17.5 Å². The number of carbonyl (C=O) groups is 2. The number of rotatable bonds is 6. The molecule has 8 nitrogen and oxygen atoms in total. The number of esters is 1. The Balaban J connectivity index is 2.11. The van der Waals surface area contributed by atoms with E-state index in [1.54, 1.807) is 38.1 Å². The molecule has 0 aliphatic carbocycles. The fourth-order valence-corrected chi connectivity index (χ4v) is 2.97. The third kappa shape index (κ3) is 4.16. The molecule has 2 aromatic heterocycles. The maximum Gasteiger partial charge on any atom is 0.343 e. The fraction of sp³-hybridized carbons (Fsp3) is 0.190. The number of halogens is 1. The third-order valence-corrected chi connectivity index (χ3v) is 4.42. The molecular weight excluding hydrogens is 408 g/mol. The number of hydrogen-bond donors (Lipinski definition) is 1. The number of nitrogens with one attached hydrogen (secondary N) is 1. The molecule has 2 heterocycles. The topological polar surface area (TPSA) is 118 Å². The van der Waals surface area contributed by atoms with Crippen LogP contribution in [0, 0.1) is 18.3 Å². The van der Waals surface area contributed by atoms with Gasteiger partial charge in [-0.05, 0) is 45.0 Å². The highest BCUT2D eigenvalue weighted by Crippen LogP contribution is 2.31. The van der Waals surface area contributed by atoms with Crippen LogP contribution in [0.4, 0.5) is 11.7 Å². The first-order valence-corrected chi connectivity index (χ1v) is 9.35. The quantitative estimate of drug-likeness (QED) is 0.447. The molecule has 0 fully saturated rings. The maximum atomic E-state index is 12.4. The molecule has 0 radical (unpaired) electrons. The number of hydrogen-bond acceptors (Lipinski definition) is 8. The lowest BCUT2D eigenvalue weighted by molar-refractivity contribution is 0.0526. The first-order chi connectivity index (χ1) is 14.3. The van der Waals surface area contributed by atoms with Crippen molar-refractivity contribution in [2.75, 3.05) is 11.9 Å². The lowest BCUT2D eigenvalue weighted by Gasteiger charge is -2.10. The van der Waals surface area contributed by atoms with Crippen molar-refractivity contribution in [1.82, 2.24) is 9.97 Å². The van der Waals surface area contributed by atoms with Crippen LogP contribution in [-0.4, -0.2) is 28.3 Å². The summed E-state index contributed by atoms with van der Waals surface area (Å²) in [4.78, 5) is 32.9. The molecule has 0 atom stereocenters. The van der Waals surface area contributed by atoms with Crippen LogP contribution in [0.5, 0.6) is 0 Å². The van der Waals surface area contributed by atoms with Gasteiger partial charge in [0.05, 0.1) is 12.2 Å². The molecule has 1 aromatic carbocycles. The summed E-state index contributed by atoms with van der Waals surface area (Å²) in [5.74, 6) is -0.269. The lowest BCUT2D eigenvalue weighted by atomic mass is 10.1. The Morgan fingerprint density at radius 1 is 1.30 bits per heavy atom. The molecule has 0 unspecified atom stereocenters. The minimum Gasteiger partial charge on any atom is -0.462 e. The smallest absolute Gasteiger partial charge is 0.343 e. The zero-order valence-electron chi connectivity index (χ0n) is 16.4. The number of nitrogens with zero attached hydrogens (tertiary/aromatic N) is 3. The number of ketones is 1. The van der Waals surface area contributed by atoms with Crippen LogP contribution < -0.4 is 5.32 Å². The van der Waals surface area contributed by atoms with Crippen LogP contribution in [-0.2, 0) is 4.74 Å². The number of aryl methyl sites for hydroxylation is 1. The van der Waals surface area contributed by atoms with Gasteiger partial charge in [-0.3, -0.25) is 4.79 Å². The Morgan fingerprint density at radius 3 is 2.60 bits per heavy atom. The summed E-state index contributed by atoms with van der Waals surface area (Å²) in [5.41, 5.74) is 0.918. The van der Waals surface area contributed by atoms with Crippen molar-refractivity contribution in [2.45, 2.75) is 20.8 Å². The Morgan fingerprint density at radius 2 is 2.00 bits per heavy atom. The van der Waals surface area contributed by atoms with Crippen molar-refractivity contribution in [1.29, 1.82) is 5.26 Å². The normalized spacial score (nSPS) is 10.4. The zero-order valence-corrected chi connectivity index (χ0v) is 17.2. The highest BCUT2D eigenvalue weighted by molar-refractivity contribution is 6.30. The Hall–Kier alpha value is -3.70. The van der Waals surface area contributed by atoms with E-state index in [4.69, 9.17) is 20.8 Å². The number of carbonyl (C=O) groups excluding carboxylic acids is 2. The molecular formula is C21H17ClN4O4. The van der Waals surface area contributed by atoms with Gasteiger partial charge in [0.25, 0.3) is 0 Å². The van der Waals surface area contributed by atoms with Crippen molar-refractivity contribution < 1.29 is 18.7 Å². The number of aromatic nitrogens is 2. The van der Waals surface area contributed by atoms with Crippen LogP contribution in [0.1, 0.15) is 45.9 Å². The predicted octanol–water partition coefficient (Wildman–Crippen LogP) is 4.69. The average molecular weight is 425 g/mol. The fourth-order valence-electron chi connectivity index (χ4n) is 2.84. The largest absolute Gasteiger partial charge is 0.462 e. The summed E-state index contributed by atoms with van der Waals surface area (Å²) in [6.45, 7) is 4.76. The maximum absolute atomic E-state index is 12.4. The van der Waals surface area contributed by atoms with E-state index >= 15 is 0 Å². The number of nitriles is 1. The van der Waals surface area contributed by atoms with Gasteiger partial charge in [-0.1, -0.05) is 11.6 Å². The Bertz CT molecular complexity index is 1160. The van der Waals surface area contributed by atoms with E-state index in [-0.39, 0.29) is 46.5 Å². The van der Waals surface area contributed by atoms with E-state index < -0.39 is 5.97 Å². The molecule has 0 spiro atoms. The second-order valence-electron chi connectivity index (χ2n) is 6.21. The third-order valence-electron chi connectivity index (χ3n) is 4.17. The van der Waals surface area contributed by atoms with Gasteiger partial charge in [-0.15, -0.1) is 0 Å². The molecule has 0 saturated carbocycles. The van der Waals surface area contributed by atoms with E-state index in [0.717, 1.165) is 0 Å². The highest BCUT2D eigenvalue weighted by atomic mass is 35.5. The zero-order chi connectivity index (χ0) is 21.8. The van der Waals surface area contributed by atoms with Gasteiger partial charge < -0.3 is 14.5 Å². The Kier molecular flexibility index (Phi) is 6.14. The van der Waals surface area contributed by atoms with E-state index in [1.807, 2.05) is 6.07 Å². The second kappa shape index (κ2) is 8.76. The summed E-state index contributed by atoms with van der Waals surface area (Å²) in [6, 6.07) is 8.81. The van der Waals surface area contributed by atoms with Crippen LogP contribution in [0.2, 0.25) is 5.02 Å². The van der Waals surface area contributed by atoms with Gasteiger partial charge >= 0.3 is 5.97 Å². The Labute approximate surface area is 177 Å². The summed E-state index contributed by atoms with van der Waals surface area (Å²) in [7, 11) is 0. The summed E-state index contributed by atoms with van der Waals surface area (Å²) in [5, 5.41) is 12.9. The molecule has 0 saturated heterocycles. The summed E-state index contributed by atoms with van der Waals surface area (Å²) in [6.07, 6.45) is 1.32. The van der Waals surface area contributed by atoms with Crippen LogP contribution in [0.25, 0.3) is 11.4 Å². The molecule has 0 aliphatic heterocycles. The molecule has 1 N–H and O–H groups in total. The van der Waals surface area contributed by atoms with Crippen LogP contribution in [0.3, 0.4) is 0 Å². The van der Waals surface area contributed by atoms with Crippen molar-refractivity contribution >= 4 is 35.1 Å². The predicted molar refractivity (Wildman–Crippen MR) is 110 cm³/mol. The minimum absolute atomic E-state index is 0.00602. The van der Waals surface area contributed by atoms with Gasteiger partial charge in [0.2, 0.25) is 5.88 Å². The van der Waals surface area contributed by atoms with E-state index in [2.05, 4.69) is 15.3 Å². The van der Waals surface area contributed by atoms with Crippen molar-refractivity contribution in [3.63, 3.8) is 0 Å². The number of ether oxygens (including phenoxy) is 1. The molecule has 152 valence electrons. The minimum atomic E-state index is -0.642. The highest BCUT2D eigenvalue weighted by Gasteiger charge is 2.24. The van der Waals surface area contributed by atoms with Crippen LogP contribution >= 0.6 is 11.6 Å². The van der Waals surface area contributed by atoms with E-state index in [0.29, 0.717) is 16.4 Å². The monoisotopic (exact) mass is 424 g/mol. The van der Waals surface area contributed by atoms with E-state index in [9.17, 15) is 14.9 Å². The summed E-state index contributed by atoms with van der Waals surface area (Å²) >= 11 is 5.93.